The van der Waals surface area contributed by atoms with Crippen molar-refractivity contribution in [3.63, 3.8) is 0 Å². The number of rotatable bonds is 3. The molecular weight excluding hydrogens is 366 g/mol. The number of halogens is 1. The normalized spacial score (nSPS) is 11.5. The van der Waals surface area contributed by atoms with E-state index in [0.717, 1.165) is 10.0 Å². The first kappa shape index (κ1) is 14.9. The molecule has 0 aliphatic heterocycles. The molecule has 5 nitrogen and oxygen atoms in total. The molecule has 1 aromatic heterocycles. The lowest BCUT2D eigenvalue weighted by Gasteiger charge is -2.10. The monoisotopic (exact) mass is 377 g/mol. The Hall–Kier alpha value is -1.99. The summed E-state index contributed by atoms with van der Waals surface area (Å²) in [6.07, 6.45) is 3.09. The molecule has 0 aliphatic rings. The third-order valence-corrected chi connectivity index (χ3v) is 5.17. The Morgan fingerprint density at radius 2 is 1.59 bits per heavy atom. The van der Waals surface area contributed by atoms with Crippen molar-refractivity contribution in [3.8, 4) is 0 Å². The van der Waals surface area contributed by atoms with Gasteiger partial charge in [-0.15, -0.1) is 0 Å². The van der Waals surface area contributed by atoms with Crippen LogP contribution in [0, 0.1) is 6.92 Å². The second-order valence-electron chi connectivity index (χ2n) is 4.77. The standard InChI is InChI=1S/C15H12BrN3O2S/c1-10-2-4-11(5-3-10)22(20,21)19-13-7-6-12(16)14-15(13)18-9-8-17-14/h2-9,19H,1H3. The first-order valence-electron chi connectivity index (χ1n) is 6.46. The van der Waals surface area contributed by atoms with Gasteiger partial charge in [0, 0.05) is 16.9 Å². The molecule has 1 N–H and O–H groups in total. The zero-order valence-electron chi connectivity index (χ0n) is 11.6. The number of fused-ring (bicyclic) bond motifs is 1. The van der Waals surface area contributed by atoms with Crippen LogP contribution >= 0.6 is 15.9 Å². The van der Waals surface area contributed by atoms with Gasteiger partial charge in [0.15, 0.2) is 0 Å². The van der Waals surface area contributed by atoms with E-state index < -0.39 is 10.0 Å². The van der Waals surface area contributed by atoms with E-state index in [0.29, 0.717) is 16.7 Å². The minimum Gasteiger partial charge on any atom is -0.277 e. The molecule has 2 aromatic carbocycles. The Morgan fingerprint density at radius 1 is 0.955 bits per heavy atom. The Labute approximate surface area is 136 Å². The van der Waals surface area contributed by atoms with Crippen LogP contribution in [0.2, 0.25) is 0 Å². The third kappa shape index (κ3) is 2.82. The lowest BCUT2D eigenvalue weighted by molar-refractivity contribution is 0.601. The predicted octanol–water partition coefficient (Wildman–Crippen LogP) is 3.50. The van der Waals surface area contributed by atoms with Gasteiger partial charge in [0.25, 0.3) is 10.0 Å². The van der Waals surface area contributed by atoms with Gasteiger partial charge in [0.05, 0.1) is 10.6 Å². The zero-order chi connectivity index (χ0) is 15.7. The molecule has 0 atom stereocenters. The second-order valence-corrected chi connectivity index (χ2v) is 7.30. The summed E-state index contributed by atoms with van der Waals surface area (Å²) in [4.78, 5) is 8.63. The Morgan fingerprint density at radius 3 is 2.27 bits per heavy atom. The Bertz CT molecular complexity index is 941. The van der Waals surface area contributed by atoms with Crippen molar-refractivity contribution >= 4 is 42.7 Å². The molecule has 0 radical (unpaired) electrons. The summed E-state index contributed by atoms with van der Waals surface area (Å²) >= 11 is 3.38. The molecular formula is C15H12BrN3O2S. The summed E-state index contributed by atoms with van der Waals surface area (Å²) in [6.45, 7) is 1.90. The lowest BCUT2D eigenvalue weighted by atomic mass is 10.2. The second kappa shape index (κ2) is 5.66. The van der Waals surface area contributed by atoms with E-state index in [2.05, 4.69) is 30.6 Å². The Balaban J connectivity index is 2.06. The maximum Gasteiger partial charge on any atom is 0.261 e. The fourth-order valence-electron chi connectivity index (χ4n) is 2.03. The van der Waals surface area contributed by atoms with Crippen molar-refractivity contribution in [1.29, 1.82) is 0 Å². The van der Waals surface area contributed by atoms with E-state index in [1.165, 1.54) is 6.20 Å². The largest absolute Gasteiger partial charge is 0.277 e. The van der Waals surface area contributed by atoms with Crippen LogP contribution in [-0.4, -0.2) is 18.4 Å². The van der Waals surface area contributed by atoms with Gasteiger partial charge in [-0.3, -0.25) is 14.7 Å². The molecule has 0 bridgehead atoms. The summed E-state index contributed by atoms with van der Waals surface area (Å²) in [5.74, 6) is 0. The number of aromatic nitrogens is 2. The topological polar surface area (TPSA) is 72.0 Å². The molecule has 112 valence electrons. The summed E-state index contributed by atoms with van der Waals surface area (Å²) < 4.78 is 28.3. The van der Waals surface area contributed by atoms with Crippen LogP contribution in [0.4, 0.5) is 5.69 Å². The molecule has 0 saturated carbocycles. The van der Waals surface area contributed by atoms with E-state index in [4.69, 9.17) is 0 Å². The van der Waals surface area contributed by atoms with Crippen LogP contribution in [0.15, 0.2) is 58.2 Å². The molecule has 0 unspecified atom stereocenters. The van der Waals surface area contributed by atoms with Gasteiger partial charge < -0.3 is 0 Å². The van der Waals surface area contributed by atoms with E-state index in [9.17, 15) is 8.42 Å². The van der Waals surface area contributed by atoms with E-state index in [1.807, 2.05) is 6.92 Å². The van der Waals surface area contributed by atoms with Crippen LogP contribution in [-0.2, 0) is 10.0 Å². The van der Waals surface area contributed by atoms with E-state index in [1.54, 1.807) is 42.6 Å². The molecule has 22 heavy (non-hydrogen) atoms. The molecule has 7 heteroatoms. The number of nitrogens with zero attached hydrogens (tertiary/aromatic N) is 2. The van der Waals surface area contributed by atoms with Crippen LogP contribution in [0.1, 0.15) is 5.56 Å². The van der Waals surface area contributed by atoms with Crippen molar-refractivity contribution in [1.82, 2.24) is 9.97 Å². The number of sulfonamides is 1. The van der Waals surface area contributed by atoms with Crippen molar-refractivity contribution in [2.24, 2.45) is 0 Å². The summed E-state index contributed by atoms with van der Waals surface area (Å²) in [7, 11) is -3.67. The summed E-state index contributed by atoms with van der Waals surface area (Å²) in [6, 6.07) is 10.1. The average Bonchev–Trinajstić information content (AvgIpc) is 2.51. The Kier molecular flexibility index (Phi) is 3.84. The van der Waals surface area contributed by atoms with Crippen LogP contribution in [0.25, 0.3) is 11.0 Å². The van der Waals surface area contributed by atoms with Gasteiger partial charge in [0.2, 0.25) is 0 Å². The minimum atomic E-state index is -3.67. The highest BCUT2D eigenvalue weighted by Gasteiger charge is 2.16. The molecule has 0 aliphatic carbocycles. The van der Waals surface area contributed by atoms with Crippen LogP contribution < -0.4 is 4.72 Å². The lowest BCUT2D eigenvalue weighted by Crippen LogP contribution is -2.13. The summed E-state index contributed by atoms with van der Waals surface area (Å²) in [5, 5.41) is 0. The number of hydrogen-bond donors (Lipinski definition) is 1. The quantitative estimate of drug-likeness (QED) is 0.757. The fraction of sp³-hybridized carbons (Fsp3) is 0.0667. The number of nitrogens with one attached hydrogen (secondary N) is 1. The first-order chi connectivity index (χ1) is 10.5. The van der Waals surface area contributed by atoms with Gasteiger partial charge in [-0.25, -0.2) is 8.42 Å². The maximum absolute atomic E-state index is 12.5. The van der Waals surface area contributed by atoms with Gasteiger partial charge in [-0.1, -0.05) is 17.7 Å². The number of benzene rings is 2. The number of hydrogen-bond acceptors (Lipinski definition) is 4. The van der Waals surface area contributed by atoms with Gasteiger partial charge in [-0.2, -0.15) is 0 Å². The zero-order valence-corrected chi connectivity index (χ0v) is 14.0. The fourth-order valence-corrected chi connectivity index (χ4v) is 3.52. The average molecular weight is 378 g/mol. The van der Waals surface area contributed by atoms with E-state index >= 15 is 0 Å². The van der Waals surface area contributed by atoms with Crippen molar-refractivity contribution in [3.05, 3.63) is 58.8 Å². The van der Waals surface area contributed by atoms with Crippen LogP contribution in [0.5, 0.6) is 0 Å². The smallest absolute Gasteiger partial charge is 0.261 e. The van der Waals surface area contributed by atoms with Crippen molar-refractivity contribution < 1.29 is 8.42 Å². The SMILES string of the molecule is Cc1ccc(S(=O)(=O)Nc2ccc(Br)c3nccnc23)cc1. The first-order valence-corrected chi connectivity index (χ1v) is 8.74. The minimum absolute atomic E-state index is 0.207. The molecule has 3 aromatic rings. The predicted molar refractivity (Wildman–Crippen MR) is 89.2 cm³/mol. The van der Waals surface area contributed by atoms with E-state index in [-0.39, 0.29) is 4.90 Å². The van der Waals surface area contributed by atoms with Crippen LogP contribution in [0.3, 0.4) is 0 Å². The molecule has 1 heterocycles. The highest BCUT2D eigenvalue weighted by molar-refractivity contribution is 9.10. The maximum atomic E-state index is 12.5. The molecule has 0 saturated heterocycles. The highest BCUT2D eigenvalue weighted by Crippen LogP contribution is 2.28. The molecule has 0 amide bonds. The number of aryl methyl sites for hydroxylation is 1. The van der Waals surface area contributed by atoms with Gasteiger partial charge in [0.1, 0.15) is 11.0 Å². The molecule has 0 fully saturated rings. The third-order valence-electron chi connectivity index (χ3n) is 3.15. The van der Waals surface area contributed by atoms with Crippen molar-refractivity contribution in [2.45, 2.75) is 11.8 Å². The number of anilines is 1. The highest BCUT2D eigenvalue weighted by atomic mass is 79.9. The summed E-state index contributed by atoms with van der Waals surface area (Å²) in [5.41, 5.74) is 2.49. The van der Waals surface area contributed by atoms with Crippen molar-refractivity contribution in [2.75, 3.05) is 4.72 Å². The molecule has 0 spiro atoms. The van der Waals surface area contributed by atoms with Gasteiger partial charge >= 0.3 is 0 Å². The van der Waals surface area contributed by atoms with Gasteiger partial charge in [-0.05, 0) is 47.1 Å². The molecule has 3 rings (SSSR count).